The molecule has 2 aromatic carbocycles. The molecule has 1 amide bonds. The molecular weight excluding hydrogens is 384 g/mol. The van der Waals surface area contributed by atoms with Gasteiger partial charge in [-0.3, -0.25) is 4.79 Å². The molecule has 0 aliphatic rings. The van der Waals surface area contributed by atoms with Gasteiger partial charge in [-0.15, -0.1) is 11.6 Å². The van der Waals surface area contributed by atoms with Gasteiger partial charge in [-0.25, -0.2) is 19.1 Å². The van der Waals surface area contributed by atoms with Crippen LogP contribution in [-0.2, 0) is 24.2 Å². The maximum absolute atomic E-state index is 13.6. The number of carbonyl (C=O) groups excluding carboxylic acids is 1. The number of fused-ring (bicyclic) bond motifs is 1. The Morgan fingerprint density at radius 2 is 1.96 bits per heavy atom. The van der Waals surface area contributed by atoms with Gasteiger partial charge in [0.05, 0.1) is 11.0 Å². The van der Waals surface area contributed by atoms with Crippen molar-refractivity contribution in [1.29, 1.82) is 0 Å². The third kappa shape index (κ3) is 5.52. The average Bonchev–Trinajstić information content (AvgIpc) is 3.09. The van der Waals surface area contributed by atoms with E-state index in [1.165, 1.54) is 5.56 Å². The van der Waals surface area contributed by atoms with Gasteiger partial charge < -0.3 is 4.98 Å². The van der Waals surface area contributed by atoms with E-state index < -0.39 is 11.6 Å². The second-order valence-corrected chi connectivity index (χ2v) is 7.00. The van der Waals surface area contributed by atoms with E-state index in [0.29, 0.717) is 24.5 Å². The highest BCUT2D eigenvalue weighted by Crippen LogP contribution is 2.16. The number of halogens is 3. The summed E-state index contributed by atoms with van der Waals surface area (Å²) in [5, 5.41) is 4.01. The smallest absolute Gasteiger partial charge is 0.241 e. The van der Waals surface area contributed by atoms with Gasteiger partial charge in [0.1, 0.15) is 24.0 Å². The number of benzene rings is 2. The van der Waals surface area contributed by atoms with Gasteiger partial charge in [0.15, 0.2) is 0 Å². The molecule has 3 rings (SSSR count). The molecule has 0 bridgehead atoms. The second kappa shape index (κ2) is 9.64. The van der Waals surface area contributed by atoms with Crippen molar-refractivity contribution in [3.05, 3.63) is 65.0 Å². The summed E-state index contributed by atoms with van der Waals surface area (Å²) in [6.45, 7) is 0.166. The van der Waals surface area contributed by atoms with Gasteiger partial charge >= 0.3 is 0 Å². The highest BCUT2D eigenvalue weighted by Gasteiger charge is 2.09. The summed E-state index contributed by atoms with van der Waals surface area (Å²) in [5.74, 6) is 0.0229. The molecule has 147 valence electrons. The Bertz CT molecular complexity index is 958. The molecule has 0 unspecified atom stereocenters. The van der Waals surface area contributed by atoms with Crippen molar-refractivity contribution in [2.45, 2.75) is 38.6 Å². The minimum atomic E-state index is -0.483. The van der Waals surface area contributed by atoms with Gasteiger partial charge in [-0.2, -0.15) is 0 Å². The van der Waals surface area contributed by atoms with Crippen LogP contribution in [0.15, 0.2) is 36.4 Å². The third-order valence-electron chi connectivity index (χ3n) is 4.44. The number of hydrogen-bond donors (Lipinski definition) is 1. The van der Waals surface area contributed by atoms with Crippen molar-refractivity contribution in [2.75, 3.05) is 5.88 Å². The zero-order valence-corrected chi connectivity index (χ0v) is 16.1. The Labute approximate surface area is 167 Å². The number of alkyl halides is 1. The molecule has 0 fully saturated rings. The predicted molar refractivity (Wildman–Crippen MR) is 105 cm³/mol. The molecule has 0 aliphatic carbocycles. The number of amides is 1. The van der Waals surface area contributed by atoms with Gasteiger partial charge in [0.25, 0.3) is 0 Å². The lowest BCUT2D eigenvalue weighted by Gasteiger charge is -2.03. The lowest BCUT2D eigenvalue weighted by molar-refractivity contribution is -0.121. The largest absolute Gasteiger partial charge is 0.340 e. The van der Waals surface area contributed by atoms with Crippen LogP contribution in [0.2, 0.25) is 0 Å². The van der Waals surface area contributed by atoms with Gasteiger partial charge in [-0.05, 0) is 67.1 Å². The standard InChI is InChI=1S/C21H21ClF2N3O/c22-10-2-3-14-6-9-18-19(11-14)27-20(26-18)13-25-21(28)5-1-4-15-12-16(23)7-8-17(15)24/h6-9,11-12H,1-5,10,13H2,(H,26,27). The maximum Gasteiger partial charge on any atom is 0.241 e. The summed E-state index contributed by atoms with van der Waals surface area (Å²) in [6.07, 6.45) is 2.70. The number of hydrogen-bond acceptors (Lipinski definition) is 2. The molecule has 7 heteroatoms. The molecule has 28 heavy (non-hydrogen) atoms. The van der Waals surface area contributed by atoms with Crippen LogP contribution in [0.1, 0.15) is 36.2 Å². The molecular formula is C21H21ClF2N3O. The van der Waals surface area contributed by atoms with E-state index in [4.69, 9.17) is 11.6 Å². The molecule has 3 aromatic rings. The lowest BCUT2D eigenvalue weighted by Crippen LogP contribution is -2.15. The number of nitrogens with zero attached hydrogens (tertiary/aromatic N) is 2. The van der Waals surface area contributed by atoms with E-state index in [0.717, 1.165) is 42.1 Å². The summed E-state index contributed by atoms with van der Waals surface area (Å²) < 4.78 is 26.7. The summed E-state index contributed by atoms with van der Waals surface area (Å²) in [5.41, 5.74) is 3.19. The molecule has 0 saturated carbocycles. The highest BCUT2D eigenvalue weighted by molar-refractivity contribution is 6.17. The van der Waals surface area contributed by atoms with Crippen LogP contribution in [-0.4, -0.2) is 21.8 Å². The SMILES string of the molecule is O=C(CCCc1cc(F)ccc1F)[N]Cc1nc2ccc(CCCCl)cc2[nH]1. The first-order chi connectivity index (χ1) is 13.5. The van der Waals surface area contributed by atoms with Crippen LogP contribution in [0.5, 0.6) is 0 Å². The van der Waals surface area contributed by atoms with Crippen LogP contribution in [0.4, 0.5) is 8.78 Å². The fraction of sp³-hybridized carbons (Fsp3) is 0.333. The molecule has 4 nitrogen and oxygen atoms in total. The Morgan fingerprint density at radius 3 is 2.79 bits per heavy atom. The number of carbonyl (C=O) groups is 1. The Balaban J connectivity index is 1.48. The van der Waals surface area contributed by atoms with Crippen molar-refractivity contribution < 1.29 is 13.6 Å². The van der Waals surface area contributed by atoms with Crippen molar-refractivity contribution in [1.82, 2.24) is 15.3 Å². The number of H-pyrrole nitrogens is 1. The van der Waals surface area contributed by atoms with Crippen LogP contribution >= 0.6 is 11.6 Å². The number of aryl methyl sites for hydroxylation is 2. The fourth-order valence-electron chi connectivity index (χ4n) is 3.02. The molecule has 0 spiro atoms. The average molecular weight is 405 g/mol. The maximum atomic E-state index is 13.6. The Kier molecular flexibility index (Phi) is 6.98. The quantitative estimate of drug-likeness (QED) is 0.527. The molecule has 0 aliphatic heterocycles. The van der Waals surface area contributed by atoms with Crippen molar-refractivity contribution in [2.24, 2.45) is 0 Å². The lowest BCUT2D eigenvalue weighted by atomic mass is 10.1. The summed E-state index contributed by atoms with van der Waals surface area (Å²) in [7, 11) is 0. The first kappa shape index (κ1) is 20.3. The Hall–Kier alpha value is -2.47. The topological polar surface area (TPSA) is 59.9 Å². The van der Waals surface area contributed by atoms with Crippen LogP contribution in [0.25, 0.3) is 11.0 Å². The monoisotopic (exact) mass is 404 g/mol. The van der Waals surface area contributed by atoms with Gasteiger partial charge in [-0.1, -0.05) is 6.07 Å². The molecule has 1 N–H and O–H groups in total. The number of nitrogens with one attached hydrogen (secondary N) is 1. The molecule has 0 saturated heterocycles. The van der Waals surface area contributed by atoms with Crippen molar-refractivity contribution in [3.8, 4) is 0 Å². The van der Waals surface area contributed by atoms with Crippen molar-refractivity contribution >= 4 is 28.5 Å². The summed E-state index contributed by atoms with van der Waals surface area (Å²) in [4.78, 5) is 19.6. The van der Waals surface area contributed by atoms with Crippen LogP contribution in [0, 0.1) is 11.6 Å². The van der Waals surface area contributed by atoms with Crippen LogP contribution < -0.4 is 5.32 Å². The Morgan fingerprint density at radius 1 is 1.11 bits per heavy atom. The molecule has 1 radical (unpaired) electrons. The van der Waals surface area contributed by atoms with E-state index in [-0.39, 0.29) is 24.4 Å². The van der Waals surface area contributed by atoms with Crippen molar-refractivity contribution in [3.63, 3.8) is 0 Å². The predicted octanol–water partition coefficient (Wildman–Crippen LogP) is 4.67. The first-order valence-electron chi connectivity index (χ1n) is 9.23. The highest BCUT2D eigenvalue weighted by atomic mass is 35.5. The summed E-state index contributed by atoms with van der Waals surface area (Å²) >= 11 is 5.73. The van der Waals surface area contributed by atoms with E-state index in [9.17, 15) is 13.6 Å². The number of aromatic nitrogens is 2. The number of imidazole rings is 1. The van der Waals surface area contributed by atoms with E-state index >= 15 is 0 Å². The molecule has 1 aromatic heterocycles. The molecule has 1 heterocycles. The van der Waals surface area contributed by atoms with E-state index in [1.54, 1.807) is 0 Å². The van der Waals surface area contributed by atoms with Gasteiger partial charge in [0.2, 0.25) is 5.91 Å². The van der Waals surface area contributed by atoms with Crippen LogP contribution in [0.3, 0.4) is 0 Å². The fourth-order valence-corrected chi connectivity index (χ4v) is 3.15. The second-order valence-electron chi connectivity index (χ2n) is 6.63. The van der Waals surface area contributed by atoms with Gasteiger partial charge in [0, 0.05) is 12.3 Å². The zero-order valence-electron chi connectivity index (χ0n) is 15.4. The normalized spacial score (nSPS) is 11.1. The number of aromatic amines is 1. The third-order valence-corrected chi connectivity index (χ3v) is 4.71. The zero-order chi connectivity index (χ0) is 19.9. The summed E-state index contributed by atoms with van der Waals surface area (Å²) in [6, 6.07) is 9.33. The van der Waals surface area contributed by atoms with E-state index in [1.807, 2.05) is 18.2 Å². The van der Waals surface area contributed by atoms with E-state index in [2.05, 4.69) is 15.3 Å². The number of rotatable bonds is 9. The minimum Gasteiger partial charge on any atom is -0.340 e. The first-order valence-corrected chi connectivity index (χ1v) is 9.76. The molecule has 0 atom stereocenters. The minimum absolute atomic E-state index is 0.166.